The van der Waals surface area contributed by atoms with Crippen molar-refractivity contribution in [1.29, 1.82) is 0 Å². The summed E-state index contributed by atoms with van der Waals surface area (Å²) < 4.78 is 11.0. The molecular weight excluding hydrogens is 288 g/mol. The monoisotopic (exact) mass is 310 g/mol. The van der Waals surface area contributed by atoms with Crippen molar-refractivity contribution in [3.8, 4) is 5.88 Å². The van der Waals surface area contributed by atoms with E-state index in [0.29, 0.717) is 19.0 Å². The highest BCUT2D eigenvalue weighted by molar-refractivity contribution is 5.61. The van der Waals surface area contributed by atoms with E-state index in [9.17, 15) is 10.1 Å². The van der Waals surface area contributed by atoms with E-state index in [1.165, 1.54) is 0 Å². The maximum Gasteiger partial charge on any atom is 0.372 e. The van der Waals surface area contributed by atoms with Gasteiger partial charge in [0.05, 0.1) is 17.6 Å². The van der Waals surface area contributed by atoms with E-state index in [2.05, 4.69) is 15.3 Å². The third-order valence-corrected chi connectivity index (χ3v) is 3.22. The van der Waals surface area contributed by atoms with Crippen molar-refractivity contribution in [2.24, 2.45) is 5.92 Å². The lowest BCUT2D eigenvalue weighted by Gasteiger charge is -2.14. The maximum atomic E-state index is 11.4. The van der Waals surface area contributed by atoms with E-state index < -0.39 is 4.92 Å². The molecule has 1 N–H and O–H groups in total. The molecule has 2 rings (SSSR count). The molecule has 1 unspecified atom stereocenters. The van der Waals surface area contributed by atoms with Crippen molar-refractivity contribution in [3.63, 3.8) is 0 Å². The minimum atomic E-state index is -0.507. The molecule has 1 aromatic heterocycles. The molecule has 0 aliphatic carbocycles. The molecule has 8 heteroatoms. The molecule has 0 saturated carbocycles. The van der Waals surface area contributed by atoms with Gasteiger partial charge in [0.15, 0.2) is 0 Å². The summed E-state index contributed by atoms with van der Waals surface area (Å²) in [5.74, 6) is 0.880. The highest BCUT2D eigenvalue weighted by Gasteiger charge is 2.27. The number of ether oxygens (including phenoxy) is 2. The van der Waals surface area contributed by atoms with E-state index in [1.54, 1.807) is 6.92 Å². The number of hydrogen-bond acceptors (Lipinski definition) is 7. The number of rotatable bonds is 7. The predicted molar refractivity (Wildman–Crippen MR) is 81.2 cm³/mol. The summed E-state index contributed by atoms with van der Waals surface area (Å²) in [4.78, 5) is 19.1. The molecule has 0 bridgehead atoms. The number of aryl methyl sites for hydroxylation is 1. The van der Waals surface area contributed by atoms with Gasteiger partial charge in [-0.15, -0.1) is 0 Å². The molecule has 2 heterocycles. The van der Waals surface area contributed by atoms with Crippen LogP contribution >= 0.6 is 0 Å². The Morgan fingerprint density at radius 2 is 2.27 bits per heavy atom. The van der Waals surface area contributed by atoms with Gasteiger partial charge in [0.2, 0.25) is 5.82 Å². The van der Waals surface area contributed by atoms with Crippen LogP contribution in [0.2, 0.25) is 0 Å². The Labute approximate surface area is 129 Å². The second-order valence-electron chi connectivity index (χ2n) is 5.75. The van der Waals surface area contributed by atoms with E-state index in [-0.39, 0.29) is 29.4 Å². The summed E-state index contributed by atoms with van der Waals surface area (Å²) >= 11 is 0. The molecule has 0 radical (unpaired) electrons. The largest absolute Gasteiger partial charge is 0.472 e. The molecule has 0 spiro atoms. The number of hydrogen-bond donors (Lipinski definition) is 1. The molecule has 1 aliphatic rings. The van der Waals surface area contributed by atoms with Crippen LogP contribution in [0.5, 0.6) is 5.88 Å². The Morgan fingerprint density at radius 1 is 1.50 bits per heavy atom. The Balaban J connectivity index is 2.20. The second kappa shape index (κ2) is 7.35. The first-order valence-corrected chi connectivity index (χ1v) is 7.48. The number of anilines is 1. The van der Waals surface area contributed by atoms with Crippen LogP contribution in [0.1, 0.15) is 32.5 Å². The van der Waals surface area contributed by atoms with E-state index in [0.717, 1.165) is 19.4 Å². The Kier molecular flexibility index (Phi) is 5.48. The molecule has 22 heavy (non-hydrogen) atoms. The van der Waals surface area contributed by atoms with Gasteiger partial charge in [0.25, 0.3) is 5.88 Å². The molecule has 0 aromatic carbocycles. The van der Waals surface area contributed by atoms with Crippen molar-refractivity contribution in [2.45, 2.75) is 39.7 Å². The van der Waals surface area contributed by atoms with Crippen molar-refractivity contribution in [2.75, 3.05) is 25.1 Å². The zero-order valence-electron chi connectivity index (χ0n) is 13.2. The zero-order chi connectivity index (χ0) is 16.1. The van der Waals surface area contributed by atoms with Crippen LogP contribution in [0.15, 0.2) is 0 Å². The fourth-order valence-electron chi connectivity index (χ4n) is 2.19. The van der Waals surface area contributed by atoms with Crippen LogP contribution in [0.3, 0.4) is 0 Å². The van der Waals surface area contributed by atoms with Gasteiger partial charge >= 0.3 is 5.69 Å². The van der Waals surface area contributed by atoms with Gasteiger partial charge in [-0.3, -0.25) is 10.1 Å². The smallest absolute Gasteiger partial charge is 0.372 e. The Hall–Kier alpha value is -1.96. The van der Waals surface area contributed by atoms with Gasteiger partial charge < -0.3 is 14.8 Å². The van der Waals surface area contributed by atoms with Crippen molar-refractivity contribution in [1.82, 2.24) is 9.97 Å². The molecule has 1 atom stereocenters. The third-order valence-electron chi connectivity index (χ3n) is 3.22. The Bertz CT molecular complexity index is 530. The standard InChI is InChI=1S/C14H22N4O4/c1-9(2)8-22-14-12(18(19)20)13(16-10(3)17-14)15-7-11-5-4-6-21-11/h9,11H,4-8H2,1-3H3,(H,15,16,17). The minimum absolute atomic E-state index is 0.0149. The normalized spacial score (nSPS) is 17.7. The SMILES string of the molecule is Cc1nc(NCC2CCCO2)c([N+](=O)[O-])c(OCC(C)C)n1. The number of nitro groups is 1. The number of nitrogens with zero attached hydrogens (tertiary/aromatic N) is 3. The molecule has 0 amide bonds. The first-order valence-electron chi connectivity index (χ1n) is 7.48. The molecule has 1 aromatic rings. The molecule has 8 nitrogen and oxygen atoms in total. The molecular formula is C14H22N4O4. The number of nitrogens with one attached hydrogen (secondary N) is 1. The highest BCUT2D eigenvalue weighted by atomic mass is 16.6. The Morgan fingerprint density at radius 3 is 2.86 bits per heavy atom. The topological polar surface area (TPSA) is 99.4 Å². The average Bonchev–Trinajstić information content (AvgIpc) is 2.95. The highest BCUT2D eigenvalue weighted by Crippen LogP contribution is 2.32. The third kappa shape index (κ3) is 4.27. The van der Waals surface area contributed by atoms with E-state index in [4.69, 9.17) is 9.47 Å². The number of aromatic nitrogens is 2. The molecule has 1 fully saturated rings. The van der Waals surface area contributed by atoms with E-state index in [1.807, 2.05) is 13.8 Å². The van der Waals surface area contributed by atoms with Crippen LogP contribution in [-0.4, -0.2) is 40.8 Å². The van der Waals surface area contributed by atoms with Gasteiger partial charge in [0.1, 0.15) is 5.82 Å². The maximum absolute atomic E-state index is 11.4. The van der Waals surface area contributed by atoms with Gasteiger partial charge in [0, 0.05) is 13.2 Å². The second-order valence-corrected chi connectivity index (χ2v) is 5.75. The lowest BCUT2D eigenvalue weighted by molar-refractivity contribution is -0.385. The lowest BCUT2D eigenvalue weighted by Crippen LogP contribution is -2.20. The summed E-state index contributed by atoms with van der Waals surface area (Å²) in [5, 5.41) is 14.4. The summed E-state index contributed by atoms with van der Waals surface area (Å²) in [6.07, 6.45) is 2.02. The van der Waals surface area contributed by atoms with Gasteiger partial charge in [-0.2, -0.15) is 4.98 Å². The van der Waals surface area contributed by atoms with Crippen LogP contribution in [-0.2, 0) is 4.74 Å². The summed E-state index contributed by atoms with van der Waals surface area (Å²) in [6, 6.07) is 0. The van der Waals surface area contributed by atoms with Crippen LogP contribution in [0.4, 0.5) is 11.5 Å². The fourth-order valence-corrected chi connectivity index (χ4v) is 2.19. The van der Waals surface area contributed by atoms with Crippen LogP contribution < -0.4 is 10.1 Å². The van der Waals surface area contributed by atoms with Crippen LogP contribution in [0, 0.1) is 23.0 Å². The minimum Gasteiger partial charge on any atom is -0.472 e. The van der Waals surface area contributed by atoms with Gasteiger partial charge in [-0.25, -0.2) is 4.98 Å². The first kappa shape index (κ1) is 16.4. The van der Waals surface area contributed by atoms with Crippen molar-refractivity contribution < 1.29 is 14.4 Å². The summed E-state index contributed by atoms with van der Waals surface area (Å²) in [5.41, 5.74) is -0.218. The van der Waals surface area contributed by atoms with Crippen molar-refractivity contribution in [3.05, 3.63) is 15.9 Å². The molecule has 1 aliphatic heterocycles. The molecule has 1 saturated heterocycles. The van der Waals surface area contributed by atoms with E-state index >= 15 is 0 Å². The quantitative estimate of drug-likeness (QED) is 0.609. The van der Waals surface area contributed by atoms with Gasteiger partial charge in [-0.1, -0.05) is 13.8 Å². The lowest BCUT2D eigenvalue weighted by atomic mass is 10.2. The average molecular weight is 310 g/mol. The summed E-state index contributed by atoms with van der Waals surface area (Å²) in [6.45, 7) is 7.21. The fraction of sp³-hybridized carbons (Fsp3) is 0.714. The first-order chi connectivity index (χ1) is 10.5. The summed E-state index contributed by atoms with van der Waals surface area (Å²) in [7, 11) is 0. The van der Waals surface area contributed by atoms with Crippen LogP contribution in [0.25, 0.3) is 0 Å². The zero-order valence-corrected chi connectivity index (χ0v) is 13.2. The predicted octanol–water partition coefficient (Wildman–Crippen LogP) is 2.32. The van der Waals surface area contributed by atoms with Crippen molar-refractivity contribution >= 4 is 11.5 Å². The molecule has 122 valence electrons. The van der Waals surface area contributed by atoms with Gasteiger partial charge in [-0.05, 0) is 25.7 Å².